The molecular formula is C21H32N2O7. The van der Waals surface area contributed by atoms with Crippen LogP contribution in [-0.4, -0.2) is 68.0 Å². The normalized spacial score (nSPS) is 21.0. The van der Waals surface area contributed by atoms with Crippen molar-refractivity contribution < 1.29 is 33.6 Å². The van der Waals surface area contributed by atoms with Crippen LogP contribution in [0, 0.1) is 0 Å². The minimum atomic E-state index is -0.811. The summed E-state index contributed by atoms with van der Waals surface area (Å²) in [6.45, 7) is 5.82. The summed E-state index contributed by atoms with van der Waals surface area (Å²) in [5.41, 5.74) is 0.324. The molecule has 168 valence electrons. The number of aliphatic hydroxyl groups excluding tert-OH is 1. The smallest absolute Gasteiger partial charge is 0.497 e. The van der Waals surface area contributed by atoms with Crippen LogP contribution in [0.5, 0.6) is 5.75 Å². The summed E-state index contributed by atoms with van der Waals surface area (Å²) in [7, 11) is 1.60. The fourth-order valence-corrected chi connectivity index (χ4v) is 3.06. The maximum Gasteiger partial charge on any atom is 0.509 e. The minimum absolute atomic E-state index is 0.0320. The fourth-order valence-electron chi connectivity index (χ4n) is 3.06. The number of alkyl carbamates (subject to hydrolysis) is 1. The summed E-state index contributed by atoms with van der Waals surface area (Å²) >= 11 is 0. The lowest BCUT2D eigenvalue weighted by Gasteiger charge is -2.26. The Kier molecular flexibility index (Phi) is 8.73. The first-order chi connectivity index (χ1) is 14.2. The molecule has 0 spiro atoms. The van der Waals surface area contributed by atoms with Crippen molar-refractivity contribution in [2.45, 2.75) is 57.5 Å². The summed E-state index contributed by atoms with van der Waals surface area (Å²) in [5, 5.41) is 14.7. The Morgan fingerprint density at radius 2 is 1.90 bits per heavy atom. The van der Waals surface area contributed by atoms with Gasteiger partial charge in [0.05, 0.1) is 13.2 Å². The minimum Gasteiger partial charge on any atom is -0.497 e. The highest BCUT2D eigenvalue weighted by atomic mass is 16.7. The number of hydrogen-bond acceptors (Lipinski definition) is 8. The first kappa shape index (κ1) is 23.8. The zero-order valence-electron chi connectivity index (χ0n) is 18.0. The molecule has 0 saturated carbocycles. The molecule has 1 fully saturated rings. The number of nitrogens with one attached hydrogen (secondary N) is 2. The Morgan fingerprint density at radius 3 is 2.50 bits per heavy atom. The molecule has 2 rings (SSSR count). The van der Waals surface area contributed by atoms with Crippen LogP contribution in [0.1, 0.15) is 32.8 Å². The third kappa shape index (κ3) is 7.72. The molecule has 0 aromatic heterocycles. The third-order valence-corrected chi connectivity index (χ3v) is 4.44. The summed E-state index contributed by atoms with van der Waals surface area (Å²) in [6.07, 6.45) is -1.85. The van der Waals surface area contributed by atoms with Crippen LogP contribution in [0.25, 0.3) is 0 Å². The van der Waals surface area contributed by atoms with Crippen molar-refractivity contribution >= 4 is 12.2 Å². The van der Waals surface area contributed by atoms with Gasteiger partial charge in [-0.2, -0.15) is 0 Å². The lowest BCUT2D eigenvalue weighted by atomic mass is 10.0. The number of hydrogen-bond donors (Lipinski definition) is 3. The zero-order chi connectivity index (χ0) is 22.1. The molecule has 1 heterocycles. The van der Waals surface area contributed by atoms with Crippen molar-refractivity contribution in [1.29, 1.82) is 0 Å². The Hall–Kier alpha value is -2.52. The highest BCUT2D eigenvalue weighted by Gasteiger charge is 2.42. The Labute approximate surface area is 177 Å². The van der Waals surface area contributed by atoms with E-state index >= 15 is 0 Å². The topological polar surface area (TPSA) is 115 Å². The Balaban J connectivity index is 2.06. The van der Waals surface area contributed by atoms with E-state index in [0.717, 1.165) is 11.3 Å². The van der Waals surface area contributed by atoms with E-state index in [1.807, 2.05) is 24.3 Å². The van der Waals surface area contributed by atoms with Crippen LogP contribution < -0.4 is 15.4 Å². The van der Waals surface area contributed by atoms with Gasteiger partial charge in [-0.15, -0.1) is 0 Å². The number of benzene rings is 1. The average molecular weight is 424 g/mol. The molecule has 1 aromatic carbocycles. The highest BCUT2D eigenvalue weighted by Crippen LogP contribution is 2.22. The van der Waals surface area contributed by atoms with Crippen molar-refractivity contribution in [3.05, 3.63) is 29.8 Å². The molecule has 1 saturated heterocycles. The van der Waals surface area contributed by atoms with Crippen molar-refractivity contribution in [3.8, 4) is 5.75 Å². The van der Waals surface area contributed by atoms with E-state index < -0.39 is 30.1 Å². The van der Waals surface area contributed by atoms with Crippen LogP contribution in [-0.2, 0) is 20.6 Å². The van der Waals surface area contributed by atoms with E-state index in [2.05, 4.69) is 10.6 Å². The largest absolute Gasteiger partial charge is 0.509 e. The van der Waals surface area contributed by atoms with E-state index in [0.29, 0.717) is 19.4 Å². The second-order valence-corrected chi connectivity index (χ2v) is 8.06. The molecule has 1 aliphatic heterocycles. The van der Waals surface area contributed by atoms with E-state index in [4.69, 9.17) is 24.1 Å². The van der Waals surface area contributed by atoms with Gasteiger partial charge in [-0.3, -0.25) is 0 Å². The van der Waals surface area contributed by atoms with Crippen LogP contribution in [0.15, 0.2) is 24.3 Å². The lowest BCUT2D eigenvalue weighted by Crippen LogP contribution is -2.43. The SMILES string of the molecule is COc1ccc(C[C@H]2NC[C@H](OC(=O)OC(C)(C)C)[C@H]2OC(=O)NCCCO)cc1. The first-order valence-electron chi connectivity index (χ1n) is 10.0. The molecule has 0 aliphatic carbocycles. The number of amides is 1. The summed E-state index contributed by atoms with van der Waals surface area (Å²) in [5.74, 6) is 0.750. The molecule has 0 radical (unpaired) electrons. The predicted molar refractivity (Wildman–Crippen MR) is 110 cm³/mol. The van der Waals surface area contributed by atoms with Gasteiger partial charge >= 0.3 is 12.2 Å². The van der Waals surface area contributed by atoms with Gasteiger partial charge < -0.3 is 34.7 Å². The molecule has 1 aliphatic rings. The summed E-state index contributed by atoms with van der Waals surface area (Å²) in [4.78, 5) is 24.3. The molecule has 9 heteroatoms. The number of ether oxygens (including phenoxy) is 4. The van der Waals surface area contributed by atoms with E-state index in [1.165, 1.54) is 0 Å². The monoisotopic (exact) mass is 424 g/mol. The van der Waals surface area contributed by atoms with Crippen molar-refractivity contribution in [3.63, 3.8) is 0 Å². The Bertz CT molecular complexity index is 688. The highest BCUT2D eigenvalue weighted by molar-refractivity contribution is 5.67. The summed E-state index contributed by atoms with van der Waals surface area (Å²) in [6, 6.07) is 7.32. The lowest BCUT2D eigenvalue weighted by molar-refractivity contribution is -0.0518. The third-order valence-electron chi connectivity index (χ3n) is 4.44. The number of rotatable bonds is 8. The van der Waals surface area contributed by atoms with Gasteiger partial charge in [0.1, 0.15) is 11.4 Å². The second kappa shape index (κ2) is 11.0. The molecule has 3 N–H and O–H groups in total. The Morgan fingerprint density at radius 1 is 1.20 bits per heavy atom. The zero-order valence-corrected chi connectivity index (χ0v) is 18.0. The van der Waals surface area contributed by atoms with Gasteiger partial charge in [0.2, 0.25) is 0 Å². The summed E-state index contributed by atoms with van der Waals surface area (Å²) < 4.78 is 21.4. The molecule has 0 bridgehead atoms. The molecule has 1 amide bonds. The van der Waals surface area contributed by atoms with E-state index in [1.54, 1.807) is 27.9 Å². The van der Waals surface area contributed by atoms with Gasteiger partial charge in [-0.1, -0.05) is 12.1 Å². The number of aliphatic hydroxyl groups is 1. The van der Waals surface area contributed by atoms with Gasteiger partial charge in [0.15, 0.2) is 12.2 Å². The van der Waals surface area contributed by atoms with E-state index in [9.17, 15) is 9.59 Å². The van der Waals surface area contributed by atoms with Crippen LogP contribution in [0.2, 0.25) is 0 Å². The standard InChI is InChI=1S/C21H32N2O7/c1-21(2,3)30-20(26)28-17-13-23-16(12-14-6-8-15(27-4)9-7-14)18(17)29-19(25)22-10-5-11-24/h6-9,16-18,23-24H,5,10-13H2,1-4H3,(H,22,25)/t16-,17+,18+/m1/s1. The first-order valence-corrected chi connectivity index (χ1v) is 10.0. The number of methoxy groups -OCH3 is 1. The van der Waals surface area contributed by atoms with Gasteiger partial charge in [-0.05, 0) is 51.3 Å². The van der Waals surface area contributed by atoms with Gasteiger partial charge in [-0.25, -0.2) is 9.59 Å². The molecule has 3 atom stereocenters. The quantitative estimate of drug-likeness (QED) is 0.429. The van der Waals surface area contributed by atoms with Crippen LogP contribution >= 0.6 is 0 Å². The molecule has 1 aromatic rings. The van der Waals surface area contributed by atoms with Gasteiger partial charge in [0, 0.05) is 19.7 Å². The van der Waals surface area contributed by atoms with Crippen LogP contribution in [0.4, 0.5) is 9.59 Å². The van der Waals surface area contributed by atoms with Crippen molar-refractivity contribution in [2.75, 3.05) is 26.8 Å². The number of carbonyl (C=O) groups excluding carboxylic acids is 2. The predicted octanol–water partition coefficient (Wildman–Crippen LogP) is 2.01. The van der Waals surface area contributed by atoms with Gasteiger partial charge in [0.25, 0.3) is 0 Å². The van der Waals surface area contributed by atoms with E-state index in [-0.39, 0.29) is 19.2 Å². The maximum atomic E-state index is 12.2. The average Bonchev–Trinajstić information content (AvgIpc) is 3.02. The molecule has 0 unspecified atom stereocenters. The number of carbonyl (C=O) groups is 2. The van der Waals surface area contributed by atoms with Crippen molar-refractivity contribution in [1.82, 2.24) is 10.6 Å². The molecule has 9 nitrogen and oxygen atoms in total. The molecular weight excluding hydrogens is 392 g/mol. The van der Waals surface area contributed by atoms with Crippen LogP contribution in [0.3, 0.4) is 0 Å². The van der Waals surface area contributed by atoms with Crippen molar-refractivity contribution in [2.24, 2.45) is 0 Å². The second-order valence-electron chi connectivity index (χ2n) is 8.06. The molecule has 30 heavy (non-hydrogen) atoms. The maximum absolute atomic E-state index is 12.2. The fraction of sp³-hybridized carbons (Fsp3) is 0.619.